The van der Waals surface area contributed by atoms with Crippen molar-refractivity contribution in [3.8, 4) is 5.75 Å². The van der Waals surface area contributed by atoms with E-state index < -0.39 is 4.87 Å². The zero-order valence-corrected chi connectivity index (χ0v) is 21.3. The molecule has 2 aliphatic heterocycles. The van der Waals surface area contributed by atoms with Gasteiger partial charge in [0.25, 0.3) is 5.91 Å². The summed E-state index contributed by atoms with van der Waals surface area (Å²) in [5.74, 6) is 1.67. The van der Waals surface area contributed by atoms with Gasteiger partial charge in [0.1, 0.15) is 5.75 Å². The molecule has 2 heterocycles. The molecule has 0 aromatic heterocycles. The number of nitrogens with zero attached hydrogens (tertiary/aromatic N) is 2. The average Bonchev–Trinajstić information content (AvgIpc) is 3.30. The predicted octanol–water partition coefficient (Wildman–Crippen LogP) is 5.31. The third kappa shape index (κ3) is 4.14. The number of hydrogen-bond acceptors (Lipinski definition) is 4. The van der Waals surface area contributed by atoms with Crippen LogP contribution in [0.2, 0.25) is 0 Å². The van der Waals surface area contributed by atoms with Gasteiger partial charge in [0.05, 0.1) is 19.3 Å². The van der Waals surface area contributed by atoms with Crippen LogP contribution in [0.5, 0.6) is 5.75 Å². The van der Waals surface area contributed by atoms with E-state index in [1.165, 1.54) is 5.56 Å². The molecule has 33 heavy (non-hydrogen) atoms. The van der Waals surface area contributed by atoms with Crippen molar-refractivity contribution in [3.63, 3.8) is 0 Å². The molecule has 1 fully saturated rings. The van der Waals surface area contributed by atoms with E-state index in [-0.39, 0.29) is 23.1 Å². The fourth-order valence-corrected chi connectivity index (χ4v) is 6.16. The van der Waals surface area contributed by atoms with Crippen LogP contribution in [0.3, 0.4) is 0 Å². The number of fused-ring (bicyclic) bond motifs is 2. The van der Waals surface area contributed by atoms with Gasteiger partial charge in [-0.25, -0.2) is 0 Å². The molecule has 6 heteroatoms. The molecule has 0 radical (unpaired) electrons. The van der Waals surface area contributed by atoms with Gasteiger partial charge in [-0.3, -0.25) is 9.59 Å². The SMILES string of the molecule is COc1ccc2c(c1)[C@@]1(SCCN1C(=O)CC(C)C)C(=O)N2Cc1ccc(C(C)(C)C)cc1. The van der Waals surface area contributed by atoms with Gasteiger partial charge in [-0.1, -0.05) is 58.9 Å². The first-order valence-electron chi connectivity index (χ1n) is 11.6. The minimum absolute atomic E-state index is 0.0356. The van der Waals surface area contributed by atoms with Gasteiger partial charge in [-0.05, 0) is 40.7 Å². The maximum Gasteiger partial charge on any atom is 0.268 e. The summed E-state index contributed by atoms with van der Waals surface area (Å²) in [4.78, 5) is 30.0. The summed E-state index contributed by atoms with van der Waals surface area (Å²) in [6, 6.07) is 14.3. The monoisotopic (exact) mass is 466 g/mol. The molecule has 176 valence electrons. The highest BCUT2D eigenvalue weighted by molar-refractivity contribution is 8.01. The van der Waals surface area contributed by atoms with Crippen molar-refractivity contribution >= 4 is 29.3 Å². The van der Waals surface area contributed by atoms with Crippen molar-refractivity contribution in [3.05, 3.63) is 59.2 Å². The van der Waals surface area contributed by atoms with E-state index in [1.54, 1.807) is 23.8 Å². The van der Waals surface area contributed by atoms with Gasteiger partial charge in [0.2, 0.25) is 5.91 Å². The molecule has 0 aliphatic carbocycles. The maximum atomic E-state index is 14.1. The van der Waals surface area contributed by atoms with Crippen LogP contribution in [0.25, 0.3) is 0 Å². The van der Waals surface area contributed by atoms with Crippen molar-refractivity contribution in [2.75, 3.05) is 24.3 Å². The van der Waals surface area contributed by atoms with Crippen molar-refractivity contribution < 1.29 is 14.3 Å². The Labute approximate surface area is 201 Å². The fourth-order valence-electron chi connectivity index (χ4n) is 4.69. The largest absolute Gasteiger partial charge is 0.497 e. The number of anilines is 1. The van der Waals surface area contributed by atoms with Crippen LogP contribution < -0.4 is 9.64 Å². The third-order valence-corrected chi connectivity index (χ3v) is 7.86. The minimum Gasteiger partial charge on any atom is -0.497 e. The van der Waals surface area contributed by atoms with Gasteiger partial charge in [0.15, 0.2) is 4.87 Å². The molecule has 0 unspecified atom stereocenters. The second-order valence-electron chi connectivity index (χ2n) is 10.4. The van der Waals surface area contributed by atoms with Gasteiger partial charge in [0, 0.05) is 24.3 Å². The number of hydrogen-bond donors (Lipinski definition) is 0. The molecular formula is C27H34N2O3S. The summed E-state index contributed by atoms with van der Waals surface area (Å²) in [7, 11) is 1.63. The number of methoxy groups -OCH3 is 1. The number of ether oxygens (including phenoxy) is 1. The van der Waals surface area contributed by atoms with Crippen LogP contribution in [0, 0.1) is 5.92 Å². The Morgan fingerprint density at radius 2 is 1.85 bits per heavy atom. The van der Waals surface area contributed by atoms with Crippen molar-refractivity contribution in [2.24, 2.45) is 5.92 Å². The van der Waals surface area contributed by atoms with Crippen LogP contribution in [-0.2, 0) is 26.4 Å². The average molecular weight is 467 g/mol. The molecule has 5 nitrogen and oxygen atoms in total. The van der Waals surface area contributed by atoms with Crippen LogP contribution >= 0.6 is 11.8 Å². The van der Waals surface area contributed by atoms with E-state index in [2.05, 4.69) is 45.0 Å². The Bertz CT molecular complexity index is 1060. The number of thioether (sulfide) groups is 1. The lowest BCUT2D eigenvalue weighted by Crippen LogP contribution is -2.50. The Hall–Kier alpha value is -2.47. The molecule has 1 saturated heterocycles. The topological polar surface area (TPSA) is 49.9 Å². The van der Waals surface area contributed by atoms with Crippen LogP contribution in [0.1, 0.15) is 57.7 Å². The number of amides is 2. The van der Waals surface area contributed by atoms with E-state index in [1.807, 2.05) is 36.9 Å². The second kappa shape index (κ2) is 8.71. The number of carbonyl (C=O) groups excluding carboxylic acids is 2. The Morgan fingerprint density at radius 3 is 2.45 bits per heavy atom. The number of carbonyl (C=O) groups is 2. The lowest BCUT2D eigenvalue weighted by atomic mass is 9.87. The number of benzene rings is 2. The third-order valence-electron chi connectivity index (χ3n) is 6.45. The summed E-state index contributed by atoms with van der Waals surface area (Å²) < 4.78 is 5.49. The minimum atomic E-state index is -1.01. The first kappa shape index (κ1) is 23.7. The zero-order valence-electron chi connectivity index (χ0n) is 20.5. The molecule has 0 bridgehead atoms. The van der Waals surface area contributed by atoms with E-state index in [0.717, 1.165) is 22.6 Å². The molecular weight excluding hydrogens is 432 g/mol. The van der Waals surface area contributed by atoms with Gasteiger partial charge in [-0.15, -0.1) is 11.8 Å². The van der Waals surface area contributed by atoms with Crippen LogP contribution in [0.15, 0.2) is 42.5 Å². The Kier molecular flexibility index (Phi) is 6.25. The highest BCUT2D eigenvalue weighted by Gasteiger charge is 2.59. The normalized spacial score (nSPS) is 20.2. The summed E-state index contributed by atoms with van der Waals surface area (Å²) in [6.45, 7) is 11.7. The van der Waals surface area contributed by atoms with Gasteiger partial charge in [-0.2, -0.15) is 0 Å². The zero-order chi connectivity index (χ0) is 24.0. The molecule has 2 aromatic rings. The van der Waals surface area contributed by atoms with Crippen molar-refractivity contribution in [1.82, 2.24) is 4.90 Å². The van der Waals surface area contributed by atoms with E-state index >= 15 is 0 Å². The smallest absolute Gasteiger partial charge is 0.268 e. The van der Waals surface area contributed by atoms with Crippen molar-refractivity contribution in [2.45, 2.75) is 57.9 Å². The van der Waals surface area contributed by atoms with E-state index in [4.69, 9.17) is 4.74 Å². The lowest BCUT2D eigenvalue weighted by molar-refractivity contribution is -0.140. The molecule has 4 rings (SSSR count). The highest BCUT2D eigenvalue weighted by Crippen LogP contribution is 2.55. The molecule has 2 amide bonds. The maximum absolute atomic E-state index is 14.1. The van der Waals surface area contributed by atoms with E-state index in [9.17, 15) is 9.59 Å². The second-order valence-corrected chi connectivity index (χ2v) is 11.6. The quantitative estimate of drug-likeness (QED) is 0.599. The van der Waals surface area contributed by atoms with Gasteiger partial charge < -0.3 is 14.5 Å². The first-order chi connectivity index (χ1) is 15.6. The number of rotatable bonds is 5. The van der Waals surface area contributed by atoms with Crippen LogP contribution in [0.4, 0.5) is 5.69 Å². The molecule has 0 N–H and O–H groups in total. The molecule has 2 aliphatic rings. The molecule has 2 aromatic carbocycles. The fraction of sp³-hybridized carbons (Fsp3) is 0.481. The summed E-state index contributed by atoms with van der Waals surface area (Å²) in [5.41, 5.74) is 4.12. The Balaban J connectivity index is 1.74. The predicted molar refractivity (Wildman–Crippen MR) is 135 cm³/mol. The van der Waals surface area contributed by atoms with Crippen LogP contribution in [-0.4, -0.2) is 36.1 Å². The molecule has 1 atom stereocenters. The molecule has 1 spiro atoms. The summed E-state index contributed by atoms with van der Waals surface area (Å²) in [5, 5.41) is 0. The van der Waals surface area contributed by atoms with Crippen molar-refractivity contribution in [1.29, 1.82) is 0 Å². The standard InChI is InChI=1S/C27H34N2O3S/c1-18(2)15-24(30)29-13-14-33-27(29)22-16-21(32-6)11-12-23(22)28(25(27)31)17-19-7-9-20(10-8-19)26(3,4)5/h7-12,16,18H,13-15,17H2,1-6H3/t27-/m1/s1. The first-order valence-corrected chi connectivity index (χ1v) is 12.6. The highest BCUT2D eigenvalue weighted by atomic mass is 32.2. The Morgan fingerprint density at radius 1 is 1.15 bits per heavy atom. The van der Waals surface area contributed by atoms with E-state index in [0.29, 0.717) is 25.3 Å². The summed E-state index contributed by atoms with van der Waals surface area (Å²) >= 11 is 1.56. The lowest BCUT2D eigenvalue weighted by Gasteiger charge is -2.33. The van der Waals surface area contributed by atoms with Gasteiger partial charge >= 0.3 is 0 Å². The summed E-state index contributed by atoms with van der Waals surface area (Å²) in [6.07, 6.45) is 0.434. The molecule has 0 saturated carbocycles.